The van der Waals surface area contributed by atoms with Gasteiger partial charge in [-0.25, -0.2) is 18.6 Å². The van der Waals surface area contributed by atoms with Crippen LogP contribution in [0.5, 0.6) is 0 Å². The maximum absolute atomic E-state index is 15.9. The molecule has 2 heterocycles. The second-order valence-corrected chi connectivity index (χ2v) is 13.2. The zero-order valence-electron chi connectivity index (χ0n) is 22.9. The van der Waals surface area contributed by atoms with E-state index in [9.17, 15) is 9.59 Å². The second kappa shape index (κ2) is 9.26. The summed E-state index contributed by atoms with van der Waals surface area (Å²) >= 11 is 3.34. The minimum Gasteiger partial charge on any atom is -0.453 e. The number of halogens is 3. The summed E-state index contributed by atoms with van der Waals surface area (Å²) in [6.07, 6.45) is 9.27. The highest BCUT2D eigenvalue weighted by atomic mass is 79.9. The number of benzene rings is 1. The lowest BCUT2D eigenvalue weighted by Crippen LogP contribution is -2.51. The molecule has 1 aromatic heterocycles. The number of fused-ring (bicyclic) bond motifs is 3. The first kappa shape index (κ1) is 27.2. The smallest absolute Gasteiger partial charge is 0.407 e. The SMILES string of the molecule is COC(=O)NC(C(=O)N1CC2(CC2)C[C@H]1c1ncc(C2=CC3(C)C(C=C2)c2ccc(Br)cc2C3(F)F)[nH]1)C(C)C. The fourth-order valence-electron chi connectivity index (χ4n) is 6.70. The van der Waals surface area contributed by atoms with Crippen LogP contribution in [0.3, 0.4) is 0 Å². The Labute approximate surface area is 240 Å². The molecule has 2 amide bonds. The molecule has 3 unspecified atom stereocenters. The van der Waals surface area contributed by atoms with Crippen molar-refractivity contribution in [1.82, 2.24) is 20.2 Å². The number of hydrogen-bond donors (Lipinski definition) is 2. The van der Waals surface area contributed by atoms with Crippen molar-refractivity contribution in [2.45, 2.75) is 64.0 Å². The van der Waals surface area contributed by atoms with Crippen molar-refractivity contribution in [3.05, 3.63) is 69.7 Å². The summed E-state index contributed by atoms with van der Waals surface area (Å²) in [5.41, 5.74) is 0.615. The first-order valence-electron chi connectivity index (χ1n) is 13.7. The standard InChI is InChI=1S/C30H33BrF2N4O3/c1-16(2)24(36-27(39)40-4)26(38)37-15-29(9-10-29)13-23(37)25-34-14-22(35-25)17-5-8-20-19-7-6-18(31)11-21(19)30(32,33)28(20,3)12-17/h5-8,11-12,14,16,20,23-24H,9-10,13,15H2,1-4H3,(H,34,35)(H,36,39)/t20?,23-,24?,28?/m0/s1. The molecule has 0 bridgehead atoms. The third-order valence-corrected chi connectivity index (χ3v) is 9.79. The molecule has 4 atom stereocenters. The number of nitrogens with zero attached hydrogens (tertiary/aromatic N) is 2. The van der Waals surface area contributed by atoms with Crippen molar-refractivity contribution in [3.63, 3.8) is 0 Å². The number of ether oxygens (including phenoxy) is 1. The Balaban J connectivity index is 1.30. The Morgan fingerprint density at radius 2 is 2.02 bits per heavy atom. The number of likely N-dealkylation sites (tertiary alicyclic amines) is 1. The fourth-order valence-corrected chi connectivity index (χ4v) is 7.07. The highest BCUT2D eigenvalue weighted by molar-refractivity contribution is 9.10. The van der Waals surface area contributed by atoms with E-state index in [4.69, 9.17) is 4.74 Å². The van der Waals surface area contributed by atoms with Gasteiger partial charge in [-0.2, -0.15) is 0 Å². The number of alkyl halides is 2. The molecule has 1 saturated carbocycles. The molecule has 2 fully saturated rings. The lowest BCUT2D eigenvalue weighted by molar-refractivity contribution is -0.135. The van der Waals surface area contributed by atoms with Gasteiger partial charge in [0.2, 0.25) is 5.91 Å². The van der Waals surface area contributed by atoms with Gasteiger partial charge in [0.15, 0.2) is 0 Å². The zero-order valence-corrected chi connectivity index (χ0v) is 24.5. The van der Waals surface area contributed by atoms with Gasteiger partial charge in [-0.1, -0.05) is 54.1 Å². The molecule has 1 aliphatic heterocycles. The first-order valence-corrected chi connectivity index (χ1v) is 14.5. The number of aromatic nitrogens is 2. The van der Waals surface area contributed by atoms with Crippen LogP contribution in [0.1, 0.15) is 74.6 Å². The topological polar surface area (TPSA) is 87.3 Å². The lowest BCUT2D eigenvalue weighted by atomic mass is 9.71. The number of amides is 2. The van der Waals surface area contributed by atoms with Gasteiger partial charge in [0.1, 0.15) is 11.9 Å². The molecule has 0 radical (unpaired) electrons. The molecule has 40 heavy (non-hydrogen) atoms. The summed E-state index contributed by atoms with van der Waals surface area (Å²) in [5.74, 6) is -3.18. The maximum atomic E-state index is 15.9. The van der Waals surface area contributed by atoms with Crippen LogP contribution in [-0.2, 0) is 15.5 Å². The summed E-state index contributed by atoms with van der Waals surface area (Å²) in [6.45, 7) is 5.97. The van der Waals surface area contributed by atoms with E-state index in [-0.39, 0.29) is 28.8 Å². The molecule has 2 N–H and O–H groups in total. The second-order valence-electron chi connectivity index (χ2n) is 12.3. The van der Waals surface area contributed by atoms with E-state index < -0.39 is 29.4 Å². The summed E-state index contributed by atoms with van der Waals surface area (Å²) in [5, 5.41) is 2.69. The molecule has 10 heteroatoms. The number of alkyl carbamates (subject to hydrolysis) is 1. The molecule has 2 aromatic rings. The van der Waals surface area contributed by atoms with E-state index in [1.54, 1.807) is 31.3 Å². The number of hydrogen-bond acceptors (Lipinski definition) is 4. The molecule has 4 aliphatic rings. The van der Waals surface area contributed by atoms with Crippen molar-refractivity contribution in [1.29, 1.82) is 0 Å². The maximum Gasteiger partial charge on any atom is 0.407 e. The molecule has 7 nitrogen and oxygen atoms in total. The van der Waals surface area contributed by atoms with E-state index in [2.05, 4.69) is 31.2 Å². The van der Waals surface area contributed by atoms with Crippen LogP contribution in [0.2, 0.25) is 0 Å². The largest absolute Gasteiger partial charge is 0.453 e. The van der Waals surface area contributed by atoms with Gasteiger partial charge in [0, 0.05) is 22.5 Å². The molecule has 212 valence electrons. The van der Waals surface area contributed by atoms with Crippen molar-refractivity contribution in [2.24, 2.45) is 16.7 Å². The number of allylic oxidation sites excluding steroid dienone is 4. The molecular formula is C30H33BrF2N4O3. The monoisotopic (exact) mass is 614 g/mol. The lowest BCUT2D eigenvalue weighted by Gasteiger charge is -2.35. The van der Waals surface area contributed by atoms with Gasteiger partial charge in [-0.3, -0.25) is 4.79 Å². The first-order chi connectivity index (χ1) is 18.9. The Morgan fingerprint density at radius 1 is 1.27 bits per heavy atom. The number of nitrogens with one attached hydrogen (secondary N) is 2. The van der Waals surface area contributed by atoms with E-state index >= 15 is 8.78 Å². The van der Waals surface area contributed by atoms with Crippen molar-refractivity contribution < 1.29 is 23.1 Å². The normalized spacial score (nSPS) is 27.8. The molecular weight excluding hydrogens is 582 g/mol. The van der Waals surface area contributed by atoms with Crippen LogP contribution in [0.25, 0.3) is 5.57 Å². The zero-order chi connectivity index (χ0) is 28.6. The Morgan fingerprint density at radius 3 is 2.70 bits per heavy atom. The Hall–Kier alpha value is -3.01. The molecule has 1 spiro atoms. The quantitative estimate of drug-likeness (QED) is 0.405. The van der Waals surface area contributed by atoms with Gasteiger partial charge >= 0.3 is 6.09 Å². The van der Waals surface area contributed by atoms with Crippen LogP contribution >= 0.6 is 15.9 Å². The Kier molecular flexibility index (Phi) is 6.29. The molecule has 1 saturated heterocycles. The number of carbonyl (C=O) groups excluding carboxylic acids is 2. The van der Waals surface area contributed by atoms with E-state index in [1.165, 1.54) is 13.2 Å². The van der Waals surface area contributed by atoms with Crippen molar-refractivity contribution in [2.75, 3.05) is 13.7 Å². The van der Waals surface area contributed by atoms with Crippen molar-refractivity contribution >= 4 is 33.5 Å². The van der Waals surface area contributed by atoms with Gasteiger partial charge < -0.3 is 19.9 Å². The molecule has 6 rings (SSSR count). The van der Waals surface area contributed by atoms with Gasteiger partial charge in [0.25, 0.3) is 5.92 Å². The minimum atomic E-state index is -3.05. The minimum absolute atomic E-state index is 0.0527. The van der Waals surface area contributed by atoms with Crippen molar-refractivity contribution in [3.8, 4) is 0 Å². The average molecular weight is 616 g/mol. The van der Waals surface area contributed by atoms with Gasteiger partial charge in [0.05, 0.1) is 30.5 Å². The number of methoxy groups -OCH3 is 1. The van der Waals surface area contributed by atoms with Crippen LogP contribution in [0.15, 0.2) is 47.1 Å². The summed E-state index contributed by atoms with van der Waals surface area (Å²) in [6, 6.07) is 4.08. The number of rotatable bonds is 5. The fraction of sp³-hybridized carbons (Fsp3) is 0.500. The van der Waals surface area contributed by atoms with E-state index in [0.29, 0.717) is 33.7 Å². The van der Waals surface area contributed by atoms with Gasteiger partial charge in [-0.05, 0) is 60.8 Å². The number of aromatic amines is 1. The Bertz CT molecular complexity index is 1450. The highest BCUT2D eigenvalue weighted by Gasteiger charge is 2.62. The van der Waals surface area contributed by atoms with Crippen LogP contribution in [0.4, 0.5) is 13.6 Å². The van der Waals surface area contributed by atoms with Crippen LogP contribution < -0.4 is 5.32 Å². The number of H-pyrrole nitrogens is 1. The molecule has 1 aromatic carbocycles. The predicted molar refractivity (Wildman–Crippen MR) is 149 cm³/mol. The average Bonchev–Trinajstić information content (AvgIpc) is 3.25. The third kappa shape index (κ3) is 4.13. The highest BCUT2D eigenvalue weighted by Crippen LogP contribution is 2.64. The van der Waals surface area contributed by atoms with Crippen LogP contribution in [-0.4, -0.2) is 46.6 Å². The number of imidazole rings is 1. The van der Waals surface area contributed by atoms with E-state index in [1.807, 2.05) is 30.9 Å². The van der Waals surface area contributed by atoms with Gasteiger partial charge in [-0.15, -0.1) is 0 Å². The summed E-state index contributed by atoms with van der Waals surface area (Å²) in [4.78, 5) is 35.5. The summed E-state index contributed by atoms with van der Waals surface area (Å²) in [7, 11) is 1.27. The van der Waals surface area contributed by atoms with E-state index in [0.717, 1.165) is 19.3 Å². The molecule has 3 aliphatic carbocycles. The predicted octanol–water partition coefficient (Wildman–Crippen LogP) is 6.46. The van der Waals surface area contributed by atoms with Crippen LogP contribution in [0, 0.1) is 16.7 Å². The number of carbonyl (C=O) groups is 2. The summed E-state index contributed by atoms with van der Waals surface area (Å²) < 4.78 is 37.1. The third-order valence-electron chi connectivity index (χ3n) is 9.30.